The van der Waals surface area contributed by atoms with Gasteiger partial charge in [-0.25, -0.2) is 4.79 Å². The third-order valence-corrected chi connectivity index (χ3v) is 4.17. The quantitative estimate of drug-likeness (QED) is 0.854. The second-order valence-electron chi connectivity index (χ2n) is 5.46. The molecule has 1 atom stereocenters. The average Bonchev–Trinajstić information content (AvgIpc) is 2.79. The number of fused-ring (bicyclic) bond motifs is 1. The highest BCUT2D eigenvalue weighted by Gasteiger charge is 2.56. The second kappa shape index (κ2) is 4.28. The molecule has 0 heterocycles. The fourth-order valence-corrected chi connectivity index (χ4v) is 3.18. The van der Waals surface area contributed by atoms with Gasteiger partial charge in [-0.2, -0.15) is 0 Å². The Balaban J connectivity index is 1.51. The van der Waals surface area contributed by atoms with Crippen molar-refractivity contribution in [1.82, 2.24) is 5.32 Å². The van der Waals surface area contributed by atoms with E-state index >= 15 is 0 Å². The highest BCUT2D eigenvalue weighted by Crippen LogP contribution is 2.51. The van der Waals surface area contributed by atoms with Gasteiger partial charge in [-0.1, -0.05) is 30.3 Å². The Hall–Kier alpha value is -1.55. The highest BCUT2D eigenvalue weighted by molar-refractivity contribution is 5.69. The van der Waals surface area contributed by atoms with Crippen LogP contribution in [0.1, 0.15) is 24.8 Å². The third-order valence-electron chi connectivity index (χ3n) is 4.17. The number of ether oxygens (including phenoxy) is 1. The predicted molar refractivity (Wildman–Crippen MR) is 67.8 cm³/mol. The Labute approximate surface area is 107 Å². The van der Waals surface area contributed by atoms with Crippen molar-refractivity contribution >= 4 is 6.09 Å². The molecule has 4 rings (SSSR count). The lowest BCUT2D eigenvalue weighted by Gasteiger charge is -2.40. The van der Waals surface area contributed by atoms with E-state index in [4.69, 9.17) is 10.5 Å². The number of benzene rings is 1. The van der Waals surface area contributed by atoms with Crippen molar-refractivity contribution < 1.29 is 9.53 Å². The first-order valence-electron chi connectivity index (χ1n) is 6.42. The van der Waals surface area contributed by atoms with Gasteiger partial charge in [-0.05, 0) is 30.7 Å². The molecule has 3 N–H and O–H groups in total. The maximum atomic E-state index is 11.8. The van der Waals surface area contributed by atoms with Gasteiger partial charge < -0.3 is 15.8 Å². The van der Waals surface area contributed by atoms with Crippen molar-refractivity contribution in [2.75, 3.05) is 0 Å². The molecule has 2 bridgehead atoms. The van der Waals surface area contributed by atoms with Crippen LogP contribution >= 0.6 is 0 Å². The number of amides is 1. The molecule has 0 saturated heterocycles. The molecule has 1 unspecified atom stereocenters. The minimum absolute atomic E-state index is 0.0896. The fourth-order valence-electron chi connectivity index (χ4n) is 3.18. The number of carbonyl (C=O) groups excluding carboxylic acids is 1. The van der Waals surface area contributed by atoms with E-state index in [9.17, 15) is 4.79 Å². The molecule has 0 aliphatic heterocycles. The Morgan fingerprint density at radius 2 is 2.11 bits per heavy atom. The monoisotopic (exact) mass is 246 g/mol. The second-order valence-corrected chi connectivity index (χ2v) is 5.46. The summed E-state index contributed by atoms with van der Waals surface area (Å²) in [6.07, 6.45) is 2.69. The zero-order valence-corrected chi connectivity index (χ0v) is 10.3. The largest absolute Gasteiger partial charge is 0.445 e. The molecule has 3 saturated carbocycles. The summed E-state index contributed by atoms with van der Waals surface area (Å²) in [4.78, 5) is 11.8. The van der Waals surface area contributed by atoms with Gasteiger partial charge in [-0.15, -0.1) is 0 Å². The summed E-state index contributed by atoms with van der Waals surface area (Å²) in [6.45, 7) is 0.307. The Kier molecular flexibility index (Phi) is 2.74. The molecule has 1 amide bonds. The van der Waals surface area contributed by atoms with Crippen LogP contribution in [0, 0.1) is 5.92 Å². The maximum Gasteiger partial charge on any atom is 0.407 e. The van der Waals surface area contributed by atoms with Crippen LogP contribution in [0.3, 0.4) is 0 Å². The molecule has 96 valence electrons. The molecule has 4 nitrogen and oxygen atoms in total. The summed E-state index contributed by atoms with van der Waals surface area (Å²) in [6, 6.07) is 9.76. The number of hydrogen-bond acceptors (Lipinski definition) is 3. The predicted octanol–water partition coefficient (Wildman–Crippen LogP) is 1.79. The number of rotatable bonds is 3. The zero-order chi connectivity index (χ0) is 12.6. The van der Waals surface area contributed by atoms with E-state index in [2.05, 4.69) is 5.32 Å². The van der Waals surface area contributed by atoms with Crippen molar-refractivity contribution in [2.24, 2.45) is 11.7 Å². The van der Waals surface area contributed by atoms with Gasteiger partial charge in [0.1, 0.15) is 6.61 Å². The van der Waals surface area contributed by atoms with Crippen molar-refractivity contribution in [3.63, 3.8) is 0 Å². The lowest BCUT2D eigenvalue weighted by Crippen LogP contribution is -2.59. The smallest absolute Gasteiger partial charge is 0.407 e. The van der Waals surface area contributed by atoms with E-state index in [-0.39, 0.29) is 17.7 Å². The van der Waals surface area contributed by atoms with E-state index < -0.39 is 0 Å². The SMILES string of the molecule is NC1CC2CC1(NC(=O)OCc1ccccc1)C2. The average molecular weight is 246 g/mol. The molecular formula is C14H18N2O2. The standard InChI is InChI=1S/C14H18N2O2/c15-12-6-11-7-14(12,8-11)16-13(17)18-9-10-4-2-1-3-5-10/h1-5,11-12H,6-9,15H2,(H,16,17). The van der Waals surface area contributed by atoms with Crippen LogP contribution in [0.15, 0.2) is 30.3 Å². The number of hydrogen-bond donors (Lipinski definition) is 2. The van der Waals surface area contributed by atoms with Crippen LogP contribution < -0.4 is 11.1 Å². The van der Waals surface area contributed by atoms with Crippen molar-refractivity contribution in [2.45, 2.75) is 37.5 Å². The molecule has 4 heteroatoms. The molecule has 1 aromatic rings. The minimum Gasteiger partial charge on any atom is -0.445 e. The van der Waals surface area contributed by atoms with Gasteiger partial charge in [0, 0.05) is 6.04 Å². The van der Waals surface area contributed by atoms with E-state index in [0.29, 0.717) is 12.5 Å². The molecule has 0 aromatic heterocycles. The van der Waals surface area contributed by atoms with Gasteiger partial charge >= 0.3 is 6.09 Å². The van der Waals surface area contributed by atoms with Crippen molar-refractivity contribution in [3.8, 4) is 0 Å². The Bertz CT molecular complexity index is 440. The fraction of sp³-hybridized carbons (Fsp3) is 0.500. The Morgan fingerprint density at radius 1 is 1.39 bits per heavy atom. The lowest BCUT2D eigenvalue weighted by atomic mass is 9.76. The van der Waals surface area contributed by atoms with E-state index in [1.165, 1.54) is 0 Å². The van der Waals surface area contributed by atoms with Gasteiger partial charge in [0.05, 0.1) is 5.54 Å². The van der Waals surface area contributed by atoms with Crippen molar-refractivity contribution in [3.05, 3.63) is 35.9 Å². The Morgan fingerprint density at radius 3 is 2.72 bits per heavy atom. The van der Waals surface area contributed by atoms with Gasteiger partial charge in [0.25, 0.3) is 0 Å². The summed E-state index contributed by atoms with van der Waals surface area (Å²) in [5.41, 5.74) is 6.85. The summed E-state index contributed by atoms with van der Waals surface area (Å²) >= 11 is 0. The molecule has 3 aliphatic carbocycles. The normalized spacial score (nSPS) is 32.7. The van der Waals surface area contributed by atoms with Crippen LogP contribution in [-0.2, 0) is 11.3 Å². The summed E-state index contributed by atoms with van der Waals surface area (Å²) in [5.74, 6) is 0.703. The highest BCUT2D eigenvalue weighted by atomic mass is 16.5. The molecule has 3 aliphatic rings. The number of nitrogens with two attached hydrogens (primary N) is 1. The van der Waals surface area contributed by atoms with Crippen molar-refractivity contribution in [1.29, 1.82) is 0 Å². The number of carbonyl (C=O) groups is 1. The first-order valence-corrected chi connectivity index (χ1v) is 6.42. The van der Waals surface area contributed by atoms with Crippen LogP contribution in [0.4, 0.5) is 4.79 Å². The summed E-state index contributed by atoms with van der Waals surface area (Å²) in [5, 5.41) is 2.96. The number of alkyl carbamates (subject to hydrolysis) is 1. The molecular weight excluding hydrogens is 228 g/mol. The maximum absolute atomic E-state index is 11.8. The van der Waals surface area contributed by atoms with Gasteiger partial charge in [0.2, 0.25) is 0 Å². The first-order chi connectivity index (χ1) is 8.68. The third kappa shape index (κ3) is 1.97. The molecule has 0 spiro atoms. The zero-order valence-electron chi connectivity index (χ0n) is 10.3. The van der Waals surface area contributed by atoms with Gasteiger partial charge in [-0.3, -0.25) is 0 Å². The molecule has 1 aromatic carbocycles. The van der Waals surface area contributed by atoms with E-state index in [0.717, 1.165) is 24.8 Å². The summed E-state index contributed by atoms with van der Waals surface area (Å²) in [7, 11) is 0. The topological polar surface area (TPSA) is 64.3 Å². The van der Waals surface area contributed by atoms with Crippen LogP contribution in [0.2, 0.25) is 0 Å². The molecule has 3 fully saturated rings. The van der Waals surface area contributed by atoms with E-state index in [1.807, 2.05) is 30.3 Å². The van der Waals surface area contributed by atoms with Gasteiger partial charge in [0.15, 0.2) is 0 Å². The molecule has 0 radical (unpaired) electrons. The molecule has 18 heavy (non-hydrogen) atoms. The minimum atomic E-state index is -0.352. The lowest BCUT2D eigenvalue weighted by molar-refractivity contribution is 0.106. The number of nitrogens with one attached hydrogen (secondary N) is 1. The van der Waals surface area contributed by atoms with Crippen LogP contribution in [-0.4, -0.2) is 17.7 Å². The van der Waals surface area contributed by atoms with Crippen LogP contribution in [0.5, 0.6) is 0 Å². The van der Waals surface area contributed by atoms with E-state index in [1.54, 1.807) is 0 Å². The van der Waals surface area contributed by atoms with Crippen LogP contribution in [0.25, 0.3) is 0 Å². The summed E-state index contributed by atoms with van der Waals surface area (Å²) < 4.78 is 5.22. The first kappa shape index (κ1) is 11.5.